The summed E-state index contributed by atoms with van der Waals surface area (Å²) in [5.74, 6) is 5.21. The Morgan fingerprint density at radius 1 is 1.35 bits per heavy atom. The minimum atomic E-state index is -0.192. The molecule has 1 amide bonds. The summed E-state index contributed by atoms with van der Waals surface area (Å²) in [6.45, 7) is 0.316. The number of aliphatic hydroxyl groups is 1. The molecule has 0 radical (unpaired) electrons. The molecule has 5 nitrogen and oxygen atoms in total. The number of rotatable bonds is 3. The molecule has 1 aromatic carbocycles. The number of nitrogens with zero attached hydrogens (tertiary/aromatic N) is 2. The minimum absolute atomic E-state index is 0.156. The third-order valence-electron chi connectivity index (χ3n) is 2.69. The largest absolute Gasteiger partial charge is 0.384 e. The van der Waals surface area contributed by atoms with Gasteiger partial charge in [0.15, 0.2) is 5.69 Å². The zero-order valence-corrected chi connectivity index (χ0v) is 11.0. The van der Waals surface area contributed by atoms with E-state index in [1.807, 2.05) is 24.3 Å². The number of aliphatic hydroxyl groups excluding tert-OH is 1. The van der Waals surface area contributed by atoms with Gasteiger partial charge in [-0.1, -0.05) is 29.1 Å². The first-order valence-electron chi connectivity index (χ1n) is 6.05. The third-order valence-corrected chi connectivity index (χ3v) is 2.69. The Hall–Kier alpha value is -2.58. The molecule has 1 aromatic heterocycles. The first-order chi connectivity index (χ1) is 9.70. The standard InChI is InChI=1S/C15H14N2O3/c1-17(15(19)14-8-10-20-16-14)11-13-6-4-12(5-7-13)3-2-9-18/h4-8,10,18H,9,11H2,1H3. The highest BCUT2D eigenvalue weighted by Crippen LogP contribution is 2.08. The van der Waals surface area contributed by atoms with Crippen LogP contribution in [0.2, 0.25) is 0 Å². The lowest BCUT2D eigenvalue weighted by Gasteiger charge is -2.15. The van der Waals surface area contributed by atoms with Crippen LogP contribution in [0, 0.1) is 11.8 Å². The summed E-state index contributed by atoms with van der Waals surface area (Å²) in [4.78, 5) is 13.5. The van der Waals surface area contributed by atoms with Crippen molar-refractivity contribution in [3.63, 3.8) is 0 Å². The summed E-state index contributed by atoms with van der Waals surface area (Å²) in [6, 6.07) is 9.03. The quantitative estimate of drug-likeness (QED) is 0.853. The average molecular weight is 270 g/mol. The molecule has 102 valence electrons. The van der Waals surface area contributed by atoms with Crippen LogP contribution >= 0.6 is 0 Å². The van der Waals surface area contributed by atoms with Gasteiger partial charge < -0.3 is 14.5 Å². The molecule has 0 fully saturated rings. The number of amides is 1. The molecule has 0 aliphatic rings. The Labute approximate surface area is 116 Å². The summed E-state index contributed by atoms with van der Waals surface area (Å²) < 4.78 is 4.66. The first-order valence-corrected chi connectivity index (χ1v) is 6.05. The smallest absolute Gasteiger partial charge is 0.276 e. The number of carbonyl (C=O) groups is 1. The normalized spacial score (nSPS) is 9.70. The molecule has 0 unspecified atom stereocenters. The van der Waals surface area contributed by atoms with Crippen LogP contribution in [0.4, 0.5) is 0 Å². The second-order valence-corrected chi connectivity index (χ2v) is 4.20. The number of hydrogen-bond donors (Lipinski definition) is 1. The molecule has 0 saturated heterocycles. The number of carbonyl (C=O) groups excluding carboxylic acids is 1. The second-order valence-electron chi connectivity index (χ2n) is 4.20. The Balaban J connectivity index is 2.01. The van der Waals surface area contributed by atoms with Crippen molar-refractivity contribution < 1.29 is 14.4 Å². The van der Waals surface area contributed by atoms with E-state index in [-0.39, 0.29) is 18.2 Å². The SMILES string of the molecule is CN(Cc1ccc(C#CCO)cc1)C(=O)c1ccon1. The molecule has 2 aromatic rings. The molecule has 0 aliphatic carbocycles. The highest BCUT2D eigenvalue weighted by Gasteiger charge is 2.14. The highest BCUT2D eigenvalue weighted by atomic mass is 16.5. The van der Waals surface area contributed by atoms with E-state index in [0.29, 0.717) is 6.54 Å². The van der Waals surface area contributed by atoms with Crippen molar-refractivity contribution in [3.8, 4) is 11.8 Å². The van der Waals surface area contributed by atoms with E-state index >= 15 is 0 Å². The maximum atomic E-state index is 12.0. The number of aromatic nitrogens is 1. The van der Waals surface area contributed by atoms with Crippen molar-refractivity contribution >= 4 is 5.91 Å². The Bertz CT molecular complexity index is 621. The molecular formula is C15H14N2O3. The Morgan fingerprint density at radius 3 is 2.70 bits per heavy atom. The Morgan fingerprint density at radius 2 is 2.10 bits per heavy atom. The predicted octanol–water partition coefficient (Wildman–Crippen LogP) is 1.29. The van der Waals surface area contributed by atoms with Crippen molar-refractivity contribution in [3.05, 3.63) is 53.4 Å². The van der Waals surface area contributed by atoms with Crippen molar-refractivity contribution in [2.45, 2.75) is 6.54 Å². The van der Waals surface area contributed by atoms with Crippen molar-refractivity contribution in [2.75, 3.05) is 13.7 Å². The zero-order chi connectivity index (χ0) is 14.4. The molecule has 0 atom stereocenters. The molecular weight excluding hydrogens is 256 g/mol. The summed E-state index contributed by atoms with van der Waals surface area (Å²) in [6.07, 6.45) is 1.37. The van der Waals surface area contributed by atoms with Crippen molar-refractivity contribution in [1.82, 2.24) is 10.1 Å². The van der Waals surface area contributed by atoms with Crippen LogP contribution in [0.1, 0.15) is 21.6 Å². The summed E-state index contributed by atoms with van der Waals surface area (Å²) in [7, 11) is 1.70. The average Bonchev–Trinajstić information content (AvgIpc) is 3.00. The molecule has 0 aliphatic heterocycles. The molecule has 0 bridgehead atoms. The molecule has 5 heteroatoms. The maximum Gasteiger partial charge on any atom is 0.276 e. The van der Waals surface area contributed by atoms with E-state index < -0.39 is 0 Å². The Kier molecular flexibility index (Phi) is 4.53. The van der Waals surface area contributed by atoms with Crippen LogP contribution in [-0.4, -0.2) is 34.7 Å². The lowest BCUT2D eigenvalue weighted by atomic mass is 10.1. The van der Waals surface area contributed by atoms with Gasteiger partial charge in [0.25, 0.3) is 5.91 Å². The van der Waals surface area contributed by atoms with Gasteiger partial charge in [0.2, 0.25) is 0 Å². The van der Waals surface area contributed by atoms with Gasteiger partial charge in [0, 0.05) is 25.2 Å². The van der Waals surface area contributed by atoms with Gasteiger partial charge in [0.1, 0.15) is 12.9 Å². The van der Waals surface area contributed by atoms with Crippen molar-refractivity contribution in [2.24, 2.45) is 0 Å². The van der Waals surface area contributed by atoms with Gasteiger partial charge in [-0.25, -0.2) is 0 Å². The second kappa shape index (κ2) is 6.55. The first kappa shape index (κ1) is 13.8. The lowest BCUT2D eigenvalue weighted by Crippen LogP contribution is -2.26. The summed E-state index contributed by atoms with van der Waals surface area (Å²) in [5, 5.41) is 12.2. The van der Waals surface area contributed by atoms with Gasteiger partial charge >= 0.3 is 0 Å². The van der Waals surface area contributed by atoms with E-state index in [1.54, 1.807) is 11.9 Å². The van der Waals surface area contributed by atoms with Crippen LogP contribution in [0.25, 0.3) is 0 Å². The zero-order valence-electron chi connectivity index (χ0n) is 11.0. The molecule has 20 heavy (non-hydrogen) atoms. The molecule has 0 saturated carbocycles. The number of benzene rings is 1. The lowest BCUT2D eigenvalue weighted by molar-refractivity contribution is 0.0775. The van der Waals surface area contributed by atoms with E-state index in [4.69, 9.17) is 5.11 Å². The van der Waals surface area contributed by atoms with Gasteiger partial charge in [-0.05, 0) is 17.7 Å². The van der Waals surface area contributed by atoms with Crippen molar-refractivity contribution in [1.29, 1.82) is 0 Å². The topological polar surface area (TPSA) is 66.6 Å². The van der Waals surface area contributed by atoms with Gasteiger partial charge in [0.05, 0.1) is 0 Å². The summed E-state index contributed by atoms with van der Waals surface area (Å²) >= 11 is 0. The molecule has 1 N–H and O–H groups in total. The number of hydrogen-bond acceptors (Lipinski definition) is 4. The predicted molar refractivity (Wildman–Crippen MR) is 72.7 cm³/mol. The fourth-order valence-corrected chi connectivity index (χ4v) is 1.70. The highest BCUT2D eigenvalue weighted by molar-refractivity contribution is 5.91. The van der Waals surface area contributed by atoms with E-state index in [2.05, 4.69) is 21.5 Å². The van der Waals surface area contributed by atoms with E-state index in [9.17, 15) is 4.79 Å². The maximum absolute atomic E-state index is 12.0. The van der Waals surface area contributed by atoms with Crippen LogP contribution in [0.15, 0.2) is 41.1 Å². The fraction of sp³-hybridized carbons (Fsp3) is 0.200. The monoisotopic (exact) mass is 270 g/mol. The van der Waals surface area contributed by atoms with E-state index in [1.165, 1.54) is 12.3 Å². The van der Waals surface area contributed by atoms with Gasteiger partial charge in [-0.3, -0.25) is 4.79 Å². The van der Waals surface area contributed by atoms with Crippen LogP contribution < -0.4 is 0 Å². The van der Waals surface area contributed by atoms with E-state index in [0.717, 1.165) is 11.1 Å². The van der Waals surface area contributed by atoms with Crippen LogP contribution in [0.3, 0.4) is 0 Å². The van der Waals surface area contributed by atoms with Gasteiger partial charge in [-0.15, -0.1) is 0 Å². The molecule has 1 heterocycles. The molecule has 0 spiro atoms. The fourth-order valence-electron chi connectivity index (χ4n) is 1.70. The van der Waals surface area contributed by atoms with Crippen LogP contribution in [0.5, 0.6) is 0 Å². The molecule has 2 rings (SSSR count). The third kappa shape index (κ3) is 3.46. The summed E-state index contributed by atoms with van der Waals surface area (Å²) in [5.41, 5.74) is 2.10. The van der Waals surface area contributed by atoms with Crippen LogP contribution in [-0.2, 0) is 6.54 Å². The minimum Gasteiger partial charge on any atom is -0.384 e. The van der Waals surface area contributed by atoms with Gasteiger partial charge in [-0.2, -0.15) is 0 Å².